The van der Waals surface area contributed by atoms with E-state index in [1.54, 1.807) is 18.0 Å². The van der Waals surface area contributed by atoms with Crippen LogP contribution in [0.25, 0.3) is 0 Å². The second-order valence-electron chi connectivity index (χ2n) is 6.06. The number of ether oxygens (including phenoxy) is 1. The van der Waals surface area contributed by atoms with Crippen LogP contribution in [0.2, 0.25) is 0 Å². The molecular weight excluding hydrogens is 389 g/mol. The molecule has 0 atom stereocenters. The van der Waals surface area contributed by atoms with Gasteiger partial charge in [0.1, 0.15) is 11.4 Å². The standard InChI is InChI=1S/C18H20INO2/c1-18(2,3)22-14-9-7-8-13(12-14)17(21)20(4)16-11-6-5-10-15(16)19/h5-12H,1-4H3. The number of hydrogen-bond acceptors (Lipinski definition) is 2. The first-order valence-electron chi connectivity index (χ1n) is 7.09. The Hall–Kier alpha value is -1.56. The molecule has 0 aromatic heterocycles. The van der Waals surface area contributed by atoms with E-state index >= 15 is 0 Å². The minimum Gasteiger partial charge on any atom is -0.488 e. The highest BCUT2D eigenvalue weighted by molar-refractivity contribution is 14.1. The molecule has 3 nitrogen and oxygen atoms in total. The summed E-state index contributed by atoms with van der Waals surface area (Å²) < 4.78 is 6.87. The Bertz CT molecular complexity index is 677. The first kappa shape index (κ1) is 16.8. The summed E-state index contributed by atoms with van der Waals surface area (Å²) in [5.41, 5.74) is 1.22. The lowest BCUT2D eigenvalue weighted by Crippen LogP contribution is -2.27. The summed E-state index contributed by atoms with van der Waals surface area (Å²) in [7, 11) is 1.79. The van der Waals surface area contributed by atoms with Crippen LogP contribution in [0, 0.1) is 3.57 Å². The predicted molar refractivity (Wildman–Crippen MR) is 98.7 cm³/mol. The Morgan fingerprint density at radius 3 is 2.41 bits per heavy atom. The summed E-state index contributed by atoms with van der Waals surface area (Å²) >= 11 is 2.23. The highest BCUT2D eigenvalue weighted by Gasteiger charge is 2.17. The van der Waals surface area contributed by atoms with Crippen LogP contribution in [0.1, 0.15) is 31.1 Å². The van der Waals surface area contributed by atoms with E-state index in [1.165, 1.54) is 0 Å². The quantitative estimate of drug-likeness (QED) is 0.686. The van der Waals surface area contributed by atoms with Crippen molar-refractivity contribution in [2.24, 2.45) is 0 Å². The predicted octanol–water partition coefficient (Wildman–Crippen LogP) is 4.75. The maximum atomic E-state index is 12.7. The average molecular weight is 409 g/mol. The van der Waals surface area contributed by atoms with Crippen molar-refractivity contribution in [1.82, 2.24) is 0 Å². The molecule has 0 bridgehead atoms. The summed E-state index contributed by atoms with van der Waals surface area (Å²) in [6.07, 6.45) is 0. The van der Waals surface area contributed by atoms with Crippen molar-refractivity contribution >= 4 is 34.2 Å². The van der Waals surface area contributed by atoms with Gasteiger partial charge in [0.2, 0.25) is 0 Å². The molecule has 0 aliphatic rings. The van der Waals surface area contributed by atoms with E-state index < -0.39 is 0 Å². The number of amides is 1. The first-order valence-corrected chi connectivity index (χ1v) is 8.17. The van der Waals surface area contributed by atoms with Crippen LogP contribution < -0.4 is 9.64 Å². The molecule has 0 saturated heterocycles. The largest absolute Gasteiger partial charge is 0.488 e. The third-order valence-corrected chi connectivity index (χ3v) is 3.94. The minimum atomic E-state index is -0.289. The fourth-order valence-corrected chi connectivity index (χ4v) is 2.82. The summed E-state index contributed by atoms with van der Waals surface area (Å²) in [6.45, 7) is 5.96. The zero-order chi connectivity index (χ0) is 16.3. The van der Waals surface area contributed by atoms with Crippen LogP contribution in [0.4, 0.5) is 5.69 Å². The Morgan fingerprint density at radius 1 is 1.09 bits per heavy atom. The normalized spacial score (nSPS) is 11.1. The molecule has 0 unspecified atom stereocenters. The number of rotatable bonds is 3. The van der Waals surface area contributed by atoms with Crippen molar-refractivity contribution in [1.29, 1.82) is 0 Å². The molecule has 0 fully saturated rings. The lowest BCUT2D eigenvalue weighted by atomic mass is 10.1. The second kappa shape index (κ2) is 6.69. The molecule has 4 heteroatoms. The van der Waals surface area contributed by atoms with Crippen molar-refractivity contribution in [2.45, 2.75) is 26.4 Å². The van der Waals surface area contributed by atoms with Crippen LogP contribution in [0.3, 0.4) is 0 Å². The van der Waals surface area contributed by atoms with Crippen LogP contribution in [-0.2, 0) is 0 Å². The van der Waals surface area contributed by atoms with Crippen molar-refractivity contribution in [3.05, 3.63) is 57.7 Å². The van der Waals surface area contributed by atoms with Gasteiger partial charge in [0.05, 0.1) is 5.69 Å². The Labute approximate surface area is 145 Å². The maximum absolute atomic E-state index is 12.7. The van der Waals surface area contributed by atoms with Gasteiger partial charge >= 0.3 is 0 Å². The highest BCUT2D eigenvalue weighted by atomic mass is 127. The lowest BCUT2D eigenvalue weighted by Gasteiger charge is -2.22. The van der Waals surface area contributed by atoms with Crippen LogP contribution in [0.15, 0.2) is 48.5 Å². The molecule has 0 aliphatic carbocycles. The zero-order valence-corrected chi connectivity index (χ0v) is 15.4. The number of halogens is 1. The topological polar surface area (TPSA) is 29.5 Å². The average Bonchev–Trinajstić information content (AvgIpc) is 2.45. The summed E-state index contributed by atoms with van der Waals surface area (Å²) in [5, 5.41) is 0. The van der Waals surface area contributed by atoms with Crippen LogP contribution >= 0.6 is 22.6 Å². The summed E-state index contributed by atoms with van der Waals surface area (Å²) in [6, 6.07) is 15.1. The third kappa shape index (κ3) is 4.22. The molecular formula is C18H20INO2. The molecule has 0 spiro atoms. The van der Waals surface area contributed by atoms with Crippen molar-refractivity contribution < 1.29 is 9.53 Å². The fraction of sp³-hybridized carbons (Fsp3) is 0.278. The number of nitrogens with zero attached hydrogens (tertiary/aromatic N) is 1. The van der Waals surface area contributed by atoms with Gasteiger partial charge in [-0.15, -0.1) is 0 Å². The Balaban J connectivity index is 2.26. The van der Waals surface area contributed by atoms with Crippen molar-refractivity contribution in [3.63, 3.8) is 0 Å². The number of anilines is 1. The van der Waals surface area contributed by atoms with Gasteiger partial charge in [-0.05, 0) is 73.7 Å². The molecule has 2 rings (SSSR count). The molecule has 116 valence electrons. The van der Waals surface area contributed by atoms with E-state index in [1.807, 2.05) is 63.2 Å². The highest BCUT2D eigenvalue weighted by Crippen LogP contribution is 2.24. The first-order chi connectivity index (χ1) is 10.3. The Kier molecular flexibility index (Phi) is 5.11. The second-order valence-corrected chi connectivity index (χ2v) is 7.22. The number of benzene rings is 2. The number of carbonyl (C=O) groups is 1. The molecule has 2 aromatic rings. The molecule has 0 heterocycles. The fourth-order valence-electron chi connectivity index (χ4n) is 2.07. The van der Waals surface area contributed by atoms with Gasteiger partial charge < -0.3 is 9.64 Å². The van der Waals surface area contributed by atoms with Gasteiger partial charge in [0, 0.05) is 16.2 Å². The molecule has 0 aliphatic heterocycles. The SMILES string of the molecule is CN(C(=O)c1cccc(OC(C)(C)C)c1)c1ccccc1I. The van der Waals surface area contributed by atoms with E-state index in [0.717, 1.165) is 9.26 Å². The molecule has 0 radical (unpaired) electrons. The van der Waals surface area contributed by atoms with Gasteiger partial charge in [0.15, 0.2) is 0 Å². The molecule has 22 heavy (non-hydrogen) atoms. The van der Waals surface area contributed by atoms with E-state index in [2.05, 4.69) is 22.6 Å². The van der Waals surface area contributed by atoms with E-state index in [-0.39, 0.29) is 11.5 Å². The molecule has 2 aromatic carbocycles. The zero-order valence-electron chi connectivity index (χ0n) is 13.3. The smallest absolute Gasteiger partial charge is 0.258 e. The molecule has 0 saturated carbocycles. The van der Waals surface area contributed by atoms with E-state index in [4.69, 9.17) is 4.74 Å². The van der Waals surface area contributed by atoms with Gasteiger partial charge in [-0.3, -0.25) is 4.79 Å². The minimum absolute atomic E-state index is 0.0523. The van der Waals surface area contributed by atoms with Crippen LogP contribution in [0.5, 0.6) is 5.75 Å². The number of carbonyl (C=O) groups excluding carboxylic acids is 1. The molecule has 0 N–H and O–H groups in total. The van der Waals surface area contributed by atoms with Crippen molar-refractivity contribution in [3.8, 4) is 5.75 Å². The lowest BCUT2D eigenvalue weighted by molar-refractivity contribution is 0.0989. The van der Waals surface area contributed by atoms with Gasteiger partial charge in [-0.25, -0.2) is 0 Å². The van der Waals surface area contributed by atoms with E-state index in [9.17, 15) is 4.79 Å². The number of hydrogen-bond donors (Lipinski definition) is 0. The third-order valence-electron chi connectivity index (χ3n) is 3.02. The number of para-hydroxylation sites is 1. The van der Waals surface area contributed by atoms with E-state index in [0.29, 0.717) is 11.3 Å². The molecule has 1 amide bonds. The van der Waals surface area contributed by atoms with Gasteiger partial charge in [-0.1, -0.05) is 18.2 Å². The van der Waals surface area contributed by atoms with Crippen molar-refractivity contribution in [2.75, 3.05) is 11.9 Å². The summed E-state index contributed by atoms with van der Waals surface area (Å²) in [4.78, 5) is 14.3. The maximum Gasteiger partial charge on any atom is 0.258 e. The summed E-state index contributed by atoms with van der Waals surface area (Å²) in [5.74, 6) is 0.651. The monoisotopic (exact) mass is 409 g/mol. The van der Waals surface area contributed by atoms with Gasteiger partial charge in [-0.2, -0.15) is 0 Å². The van der Waals surface area contributed by atoms with Gasteiger partial charge in [0.25, 0.3) is 5.91 Å². The Morgan fingerprint density at radius 2 is 1.77 bits per heavy atom. The van der Waals surface area contributed by atoms with Crippen LogP contribution in [-0.4, -0.2) is 18.6 Å².